The third-order valence-electron chi connectivity index (χ3n) is 6.12. The lowest BCUT2D eigenvalue weighted by molar-refractivity contribution is -0.162. The molecular formula is C20H26ClN5O2. The van der Waals surface area contributed by atoms with Crippen LogP contribution >= 0.6 is 11.6 Å². The van der Waals surface area contributed by atoms with Crippen molar-refractivity contribution in [3.05, 3.63) is 35.6 Å². The molecule has 0 spiro atoms. The molecule has 1 saturated carbocycles. The van der Waals surface area contributed by atoms with E-state index in [2.05, 4.69) is 29.4 Å². The Morgan fingerprint density at radius 2 is 2.14 bits per heavy atom. The second-order valence-electron chi connectivity index (χ2n) is 7.92. The quantitative estimate of drug-likeness (QED) is 0.814. The smallest absolute Gasteiger partial charge is 0.322 e. The van der Waals surface area contributed by atoms with Crippen molar-refractivity contribution in [1.82, 2.24) is 19.9 Å². The number of anilines is 1. The van der Waals surface area contributed by atoms with Crippen molar-refractivity contribution in [3.63, 3.8) is 0 Å². The number of benzene rings is 1. The SMILES string of the molecule is CC[C@@H](OC)[C@]12C[C@@H](C)C[C@H](C1)N2C(=O)Nc1ccc(Cl)c(-n2nccn2)c1. The number of piperidine rings is 1. The van der Waals surface area contributed by atoms with E-state index in [4.69, 9.17) is 16.3 Å². The first kappa shape index (κ1) is 19.2. The summed E-state index contributed by atoms with van der Waals surface area (Å²) in [4.78, 5) is 16.7. The average Bonchev–Trinajstić information content (AvgIpc) is 3.18. The van der Waals surface area contributed by atoms with Crippen LogP contribution in [-0.2, 0) is 4.74 Å². The molecule has 1 saturated heterocycles. The van der Waals surface area contributed by atoms with Gasteiger partial charge in [-0.15, -0.1) is 0 Å². The van der Waals surface area contributed by atoms with Gasteiger partial charge in [0.25, 0.3) is 0 Å². The highest BCUT2D eigenvalue weighted by Crippen LogP contribution is 2.53. The van der Waals surface area contributed by atoms with Crippen molar-refractivity contribution in [2.45, 2.75) is 57.2 Å². The van der Waals surface area contributed by atoms with Crippen LogP contribution in [0.5, 0.6) is 0 Å². The molecule has 0 radical (unpaired) electrons. The van der Waals surface area contributed by atoms with Gasteiger partial charge in [0.15, 0.2) is 0 Å². The number of aromatic nitrogens is 3. The first-order valence-corrected chi connectivity index (χ1v) is 10.2. The number of urea groups is 1. The molecule has 1 N–H and O–H groups in total. The number of hydrogen-bond acceptors (Lipinski definition) is 4. The molecule has 28 heavy (non-hydrogen) atoms. The van der Waals surface area contributed by atoms with Crippen molar-refractivity contribution < 1.29 is 9.53 Å². The number of halogens is 1. The summed E-state index contributed by atoms with van der Waals surface area (Å²) in [5.41, 5.74) is 1.08. The largest absolute Gasteiger partial charge is 0.379 e. The van der Waals surface area contributed by atoms with E-state index in [1.165, 1.54) is 4.80 Å². The molecule has 1 aromatic carbocycles. The number of likely N-dealkylation sites (tertiary alicyclic amines) is 1. The van der Waals surface area contributed by atoms with Gasteiger partial charge in [-0.3, -0.25) is 0 Å². The van der Waals surface area contributed by atoms with Crippen LogP contribution in [0.15, 0.2) is 30.6 Å². The fourth-order valence-corrected chi connectivity index (χ4v) is 5.38. The van der Waals surface area contributed by atoms with Gasteiger partial charge in [-0.05, 0) is 49.8 Å². The zero-order chi connectivity index (χ0) is 19.9. The second kappa shape index (κ2) is 7.37. The van der Waals surface area contributed by atoms with Gasteiger partial charge in [0.2, 0.25) is 0 Å². The molecule has 2 aliphatic rings. The molecular weight excluding hydrogens is 378 g/mol. The van der Waals surface area contributed by atoms with Gasteiger partial charge in [0, 0.05) is 18.8 Å². The first-order valence-electron chi connectivity index (χ1n) is 9.78. The summed E-state index contributed by atoms with van der Waals surface area (Å²) >= 11 is 6.28. The first-order chi connectivity index (χ1) is 13.5. The summed E-state index contributed by atoms with van der Waals surface area (Å²) in [5, 5.41) is 11.8. The van der Waals surface area contributed by atoms with Crippen LogP contribution in [-0.4, -0.2) is 50.7 Å². The number of nitrogens with one attached hydrogen (secondary N) is 1. The van der Waals surface area contributed by atoms with Gasteiger partial charge in [-0.2, -0.15) is 15.0 Å². The normalized spacial score (nSPS) is 27.2. The zero-order valence-electron chi connectivity index (χ0n) is 16.4. The lowest BCUT2D eigenvalue weighted by Gasteiger charge is -2.65. The molecule has 2 fully saturated rings. The Bertz CT molecular complexity index is 854. The predicted octanol–water partition coefficient (Wildman–Crippen LogP) is 4.12. The number of ether oxygens (including phenoxy) is 1. The van der Waals surface area contributed by atoms with Gasteiger partial charge in [-0.25, -0.2) is 4.79 Å². The standard InChI is InChI=1S/C20H26ClN5O2/c1-4-18(28-3)20-11-13(2)9-15(12-20)25(20)19(27)24-14-5-6-16(21)17(10-14)26-22-7-8-23-26/h5-8,10,13,15,18H,4,9,11-12H2,1-3H3,(H,24,27)/t13-,15+,18+,20-/m0/s1. The fourth-order valence-electron chi connectivity index (χ4n) is 5.19. The Kier molecular flexibility index (Phi) is 5.05. The third-order valence-corrected chi connectivity index (χ3v) is 6.44. The van der Waals surface area contributed by atoms with E-state index in [1.54, 1.807) is 37.7 Å². The lowest BCUT2D eigenvalue weighted by atomic mass is 9.61. The van der Waals surface area contributed by atoms with Crippen LogP contribution in [0.4, 0.5) is 10.5 Å². The summed E-state index contributed by atoms with van der Waals surface area (Å²) < 4.78 is 5.78. The Labute approximate surface area is 170 Å². The summed E-state index contributed by atoms with van der Waals surface area (Å²) in [6.07, 6.45) is 7.14. The van der Waals surface area contributed by atoms with Crippen LogP contribution in [0.3, 0.4) is 0 Å². The molecule has 7 nitrogen and oxygen atoms in total. The van der Waals surface area contributed by atoms with Crippen molar-refractivity contribution >= 4 is 23.3 Å². The van der Waals surface area contributed by atoms with Crippen molar-refractivity contribution in [3.8, 4) is 5.69 Å². The Morgan fingerprint density at radius 1 is 1.39 bits per heavy atom. The minimum atomic E-state index is -0.214. The molecule has 2 bridgehead atoms. The highest BCUT2D eigenvalue weighted by atomic mass is 35.5. The number of methoxy groups -OCH3 is 1. The maximum atomic E-state index is 13.2. The molecule has 2 amide bonds. The van der Waals surface area contributed by atoms with Crippen LogP contribution in [0, 0.1) is 5.92 Å². The van der Waals surface area contributed by atoms with Gasteiger partial charge < -0.3 is 15.0 Å². The third kappa shape index (κ3) is 3.06. The molecule has 4 atom stereocenters. The van der Waals surface area contributed by atoms with E-state index in [1.807, 2.05) is 4.90 Å². The van der Waals surface area contributed by atoms with Gasteiger partial charge in [0.05, 0.1) is 29.1 Å². The molecule has 1 aliphatic heterocycles. The number of hydrogen-bond donors (Lipinski definition) is 1. The van der Waals surface area contributed by atoms with Gasteiger partial charge in [-0.1, -0.05) is 25.4 Å². The number of amides is 2. The van der Waals surface area contributed by atoms with Gasteiger partial charge in [0.1, 0.15) is 5.69 Å². The van der Waals surface area contributed by atoms with Crippen molar-refractivity contribution in [2.24, 2.45) is 5.92 Å². The van der Waals surface area contributed by atoms with Crippen molar-refractivity contribution in [1.29, 1.82) is 0 Å². The summed E-state index contributed by atoms with van der Waals surface area (Å²) in [6, 6.07) is 5.52. The minimum Gasteiger partial charge on any atom is -0.379 e. The molecule has 2 heterocycles. The molecule has 1 aromatic heterocycles. The van der Waals surface area contributed by atoms with E-state index in [0.717, 1.165) is 25.7 Å². The maximum absolute atomic E-state index is 13.2. The topological polar surface area (TPSA) is 72.3 Å². The zero-order valence-corrected chi connectivity index (χ0v) is 17.2. The molecule has 2 aromatic rings. The Hall–Kier alpha value is -2.12. The molecule has 150 valence electrons. The number of rotatable bonds is 5. The van der Waals surface area contributed by atoms with E-state index >= 15 is 0 Å². The van der Waals surface area contributed by atoms with Gasteiger partial charge >= 0.3 is 6.03 Å². The molecule has 4 rings (SSSR count). The van der Waals surface area contributed by atoms with E-state index < -0.39 is 0 Å². The van der Waals surface area contributed by atoms with E-state index in [-0.39, 0.29) is 23.7 Å². The number of fused-ring (bicyclic) bond motifs is 2. The lowest BCUT2D eigenvalue weighted by Crippen LogP contribution is -2.76. The summed E-state index contributed by atoms with van der Waals surface area (Å²) in [5.74, 6) is 0.597. The fraction of sp³-hybridized carbons (Fsp3) is 0.550. The molecule has 0 unspecified atom stereocenters. The van der Waals surface area contributed by atoms with E-state index in [9.17, 15) is 4.79 Å². The van der Waals surface area contributed by atoms with Crippen LogP contribution in [0.25, 0.3) is 5.69 Å². The van der Waals surface area contributed by atoms with Crippen LogP contribution < -0.4 is 5.32 Å². The van der Waals surface area contributed by atoms with Crippen LogP contribution in [0.1, 0.15) is 39.5 Å². The molecule has 1 aliphatic carbocycles. The number of carbonyl (C=O) groups is 1. The predicted molar refractivity (Wildman–Crippen MR) is 108 cm³/mol. The maximum Gasteiger partial charge on any atom is 0.322 e. The summed E-state index contributed by atoms with van der Waals surface area (Å²) in [6.45, 7) is 4.38. The average molecular weight is 404 g/mol. The minimum absolute atomic E-state index is 0.0475. The second-order valence-corrected chi connectivity index (χ2v) is 8.33. The highest BCUT2D eigenvalue weighted by Gasteiger charge is 2.61. The number of carbonyl (C=O) groups excluding carboxylic acids is 1. The number of nitrogens with zero attached hydrogens (tertiary/aromatic N) is 4. The monoisotopic (exact) mass is 403 g/mol. The van der Waals surface area contributed by atoms with Crippen LogP contribution in [0.2, 0.25) is 5.02 Å². The van der Waals surface area contributed by atoms with E-state index in [0.29, 0.717) is 22.3 Å². The molecule has 8 heteroatoms. The Morgan fingerprint density at radius 3 is 2.82 bits per heavy atom. The summed E-state index contributed by atoms with van der Waals surface area (Å²) in [7, 11) is 1.74. The van der Waals surface area contributed by atoms with Crippen molar-refractivity contribution in [2.75, 3.05) is 12.4 Å². The highest BCUT2D eigenvalue weighted by molar-refractivity contribution is 6.32. The Balaban J connectivity index is 1.58.